The van der Waals surface area contributed by atoms with Crippen molar-refractivity contribution in [2.24, 2.45) is 17.3 Å². The van der Waals surface area contributed by atoms with Gasteiger partial charge in [0.25, 0.3) is 0 Å². The van der Waals surface area contributed by atoms with Crippen LogP contribution >= 0.6 is 0 Å². The van der Waals surface area contributed by atoms with Gasteiger partial charge in [-0.05, 0) is 31.6 Å². The quantitative estimate of drug-likeness (QED) is 0.663. The molecule has 1 aliphatic rings. The summed E-state index contributed by atoms with van der Waals surface area (Å²) in [6.45, 7) is 5.75. The van der Waals surface area contributed by atoms with Crippen molar-refractivity contribution in [3.63, 3.8) is 0 Å². The Morgan fingerprint density at radius 3 is 2.33 bits per heavy atom. The monoisotopic (exact) mass is 257 g/mol. The van der Waals surface area contributed by atoms with E-state index in [1.165, 1.54) is 0 Å². The number of carboxylic acid groups (broad SMARTS) is 1. The summed E-state index contributed by atoms with van der Waals surface area (Å²) in [5.41, 5.74) is -1.02. The molecule has 0 aromatic rings. The second-order valence-corrected chi connectivity index (χ2v) is 5.85. The summed E-state index contributed by atoms with van der Waals surface area (Å²) in [5, 5.41) is 21.1. The molecule has 1 saturated carbocycles. The van der Waals surface area contributed by atoms with E-state index < -0.39 is 11.4 Å². The Hall–Kier alpha value is -1.10. The molecule has 0 aromatic carbocycles. The summed E-state index contributed by atoms with van der Waals surface area (Å²) in [6.07, 6.45) is 1.21. The van der Waals surface area contributed by atoms with Gasteiger partial charge in [0, 0.05) is 13.0 Å². The van der Waals surface area contributed by atoms with E-state index in [4.69, 9.17) is 5.11 Å². The average Bonchev–Trinajstić information content (AvgIpc) is 2.22. The first kappa shape index (κ1) is 15.0. The van der Waals surface area contributed by atoms with E-state index in [0.29, 0.717) is 12.5 Å². The fourth-order valence-corrected chi connectivity index (χ4v) is 2.05. The standard InChI is InChI=1S/C13H23NO4/c1-8(2)13(3,12(17)18)6-11(16)14-7-9-4-10(15)5-9/h8-10,15H,4-7H2,1-3H3,(H,14,16)(H,17,18). The normalized spacial score (nSPS) is 26.3. The largest absolute Gasteiger partial charge is 0.481 e. The first-order chi connectivity index (χ1) is 8.25. The predicted octanol–water partition coefficient (Wildman–Crippen LogP) is 1.01. The number of amides is 1. The predicted molar refractivity (Wildman–Crippen MR) is 66.9 cm³/mol. The van der Waals surface area contributed by atoms with Crippen LogP contribution in [0.25, 0.3) is 0 Å². The fourth-order valence-electron chi connectivity index (χ4n) is 2.05. The third-order valence-electron chi connectivity index (χ3n) is 4.09. The molecular weight excluding hydrogens is 234 g/mol. The van der Waals surface area contributed by atoms with Gasteiger partial charge in [-0.2, -0.15) is 0 Å². The Bertz CT molecular complexity index is 323. The van der Waals surface area contributed by atoms with E-state index >= 15 is 0 Å². The number of hydrogen-bond donors (Lipinski definition) is 3. The van der Waals surface area contributed by atoms with Gasteiger partial charge in [0.2, 0.25) is 5.91 Å². The van der Waals surface area contributed by atoms with E-state index in [1.807, 2.05) is 13.8 Å². The zero-order valence-corrected chi connectivity index (χ0v) is 11.3. The zero-order chi connectivity index (χ0) is 13.9. The Kier molecular flexibility index (Phi) is 4.73. The van der Waals surface area contributed by atoms with Gasteiger partial charge in [-0.15, -0.1) is 0 Å². The van der Waals surface area contributed by atoms with Gasteiger partial charge in [-0.25, -0.2) is 0 Å². The van der Waals surface area contributed by atoms with Crippen LogP contribution in [0.3, 0.4) is 0 Å². The summed E-state index contributed by atoms with van der Waals surface area (Å²) in [7, 11) is 0. The topological polar surface area (TPSA) is 86.6 Å². The van der Waals surface area contributed by atoms with Crippen LogP contribution in [0.5, 0.6) is 0 Å². The van der Waals surface area contributed by atoms with Crippen LogP contribution in [-0.4, -0.2) is 34.7 Å². The van der Waals surface area contributed by atoms with E-state index in [1.54, 1.807) is 6.92 Å². The first-order valence-corrected chi connectivity index (χ1v) is 6.44. The summed E-state index contributed by atoms with van der Waals surface area (Å²) in [4.78, 5) is 23.0. The highest BCUT2D eigenvalue weighted by Gasteiger charge is 2.39. The second kappa shape index (κ2) is 5.69. The average molecular weight is 257 g/mol. The van der Waals surface area contributed by atoms with Crippen molar-refractivity contribution >= 4 is 11.9 Å². The van der Waals surface area contributed by atoms with Crippen LogP contribution in [-0.2, 0) is 9.59 Å². The molecule has 1 amide bonds. The van der Waals surface area contributed by atoms with Crippen molar-refractivity contribution in [3.05, 3.63) is 0 Å². The van der Waals surface area contributed by atoms with Gasteiger partial charge in [0.15, 0.2) is 0 Å². The van der Waals surface area contributed by atoms with Crippen LogP contribution in [0.15, 0.2) is 0 Å². The molecule has 3 N–H and O–H groups in total. The molecule has 104 valence electrons. The molecule has 0 saturated heterocycles. The van der Waals surface area contributed by atoms with E-state index in [2.05, 4.69) is 5.32 Å². The van der Waals surface area contributed by atoms with Gasteiger partial charge < -0.3 is 15.5 Å². The van der Waals surface area contributed by atoms with Crippen LogP contribution in [0, 0.1) is 17.3 Å². The van der Waals surface area contributed by atoms with Gasteiger partial charge in [0.1, 0.15) is 0 Å². The summed E-state index contributed by atoms with van der Waals surface area (Å²) in [6, 6.07) is 0. The van der Waals surface area contributed by atoms with Gasteiger partial charge >= 0.3 is 5.97 Å². The van der Waals surface area contributed by atoms with Crippen molar-refractivity contribution in [2.75, 3.05) is 6.54 Å². The second-order valence-electron chi connectivity index (χ2n) is 5.85. The minimum absolute atomic E-state index is 0.00469. The molecule has 0 spiro atoms. The van der Waals surface area contributed by atoms with E-state index in [-0.39, 0.29) is 24.3 Å². The van der Waals surface area contributed by atoms with Crippen LogP contribution in [0.1, 0.15) is 40.0 Å². The maximum absolute atomic E-state index is 11.8. The van der Waals surface area contributed by atoms with E-state index in [9.17, 15) is 14.7 Å². The molecule has 0 heterocycles. The molecule has 5 nitrogen and oxygen atoms in total. The molecule has 0 radical (unpaired) electrons. The minimum Gasteiger partial charge on any atom is -0.481 e. The highest BCUT2D eigenvalue weighted by molar-refractivity contribution is 5.84. The Morgan fingerprint density at radius 2 is 1.94 bits per heavy atom. The maximum Gasteiger partial charge on any atom is 0.310 e. The van der Waals surface area contributed by atoms with E-state index in [0.717, 1.165) is 12.8 Å². The van der Waals surface area contributed by atoms with Crippen molar-refractivity contribution in [1.82, 2.24) is 5.32 Å². The number of carbonyl (C=O) groups is 2. The minimum atomic E-state index is -1.02. The van der Waals surface area contributed by atoms with Crippen molar-refractivity contribution in [1.29, 1.82) is 0 Å². The van der Waals surface area contributed by atoms with Crippen molar-refractivity contribution in [2.45, 2.75) is 46.1 Å². The molecule has 1 rings (SSSR count). The molecule has 5 heteroatoms. The Morgan fingerprint density at radius 1 is 1.39 bits per heavy atom. The zero-order valence-electron chi connectivity index (χ0n) is 11.3. The number of carbonyl (C=O) groups excluding carboxylic acids is 1. The third kappa shape index (κ3) is 3.45. The van der Waals surface area contributed by atoms with Crippen LogP contribution < -0.4 is 5.32 Å². The molecular formula is C13H23NO4. The lowest BCUT2D eigenvalue weighted by Gasteiger charge is -2.32. The number of aliphatic hydroxyl groups is 1. The number of aliphatic hydroxyl groups excluding tert-OH is 1. The summed E-state index contributed by atoms with van der Waals surface area (Å²) >= 11 is 0. The molecule has 0 bridgehead atoms. The van der Waals surface area contributed by atoms with Crippen LogP contribution in [0.2, 0.25) is 0 Å². The SMILES string of the molecule is CC(C)C(C)(CC(=O)NCC1CC(O)C1)C(=O)O. The molecule has 0 aromatic heterocycles. The first-order valence-electron chi connectivity index (χ1n) is 6.44. The molecule has 0 aliphatic heterocycles. The highest BCUT2D eigenvalue weighted by atomic mass is 16.4. The number of carboxylic acids is 1. The molecule has 1 unspecified atom stereocenters. The number of rotatable bonds is 6. The van der Waals surface area contributed by atoms with Crippen LogP contribution in [0.4, 0.5) is 0 Å². The number of hydrogen-bond acceptors (Lipinski definition) is 3. The molecule has 1 fully saturated rings. The molecule has 1 atom stereocenters. The van der Waals surface area contributed by atoms with Gasteiger partial charge in [0.05, 0.1) is 11.5 Å². The fraction of sp³-hybridized carbons (Fsp3) is 0.846. The Balaban J connectivity index is 2.40. The van der Waals surface area contributed by atoms with Crippen molar-refractivity contribution < 1.29 is 19.8 Å². The van der Waals surface area contributed by atoms with Gasteiger partial charge in [-0.1, -0.05) is 13.8 Å². The third-order valence-corrected chi connectivity index (χ3v) is 4.09. The Labute approximate surface area is 108 Å². The molecule has 18 heavy (non-hydrogen) atoms. The summed E-state index contributed by atoms with van der Waals surface area (Å²) in [5.74, 6) is -0.938. The smallest absolute Gasteiger partial charge is 0.310 e. The lowest BCUT2D eigenvalue weighted by Crippen LogP contribution is -2.42. The van der Waals surface area contributed by atoms with Crippen molar-refractivity contribution in [3.8, 4) is 0 Å². The highest BCUT2D eigenvalue weighted by Crippen LogP contribution is 2.31. The summed E-state index contributed by atoms with van der Waals surface area (Å²) < 4.78 is 0. The lowest BCUT2D eigenvalue weighted by atomic mass is 9.76. The molecule has 1 aliphatic carbocycles. The lowest BCUT2D eigenvalue weighted by molar-refractivity contribution is -0.153. The maximum atomic E-state index is 11.8. The number of nitrogens with one attached hydrogen (secondary N) is 1. The number of aliphatic carboxylic acids is 1. The van der Waals surface area contributed by atoms with Gasteiger partial charge in [-0.3, -0.25) is 9.59 Å².